The van der Waals surface area contributed by atoms with Crippen LogP contribution in [0.5, 0.6) is 11.6 Å². The van der Waals surface area contributed by atoms with Gasteiger partial charge >= 0.3 is 0 Å². The van der Waals surface area contributed by atoms with Gasteiger partial charge in [0.2, 0.25) is 5.88 Å². The van der Waals surface area contributed by atoms with E-state index in [2.05, 4.69) is 40.8 Å². The predicted molar refractivity (Wildman–Crippen MR) is 128 cm³/mol. The van der Waals surface area contributed by atoms with Gasteiger partial charge in [-0.3, -0.25) is 9.80 Å². The second kappa shape index (κ2) is 10.3. The van der Waals surface area contributed by atoms with E-state index in [9.17, 15) is 5.11 Å². The van der Waals surface area contributed by atoms with Gasteiger partial charge in [-0.2, -0.15) is 0 Å². The van der Waals surface area contributed by atoms with Gasteiger partial charge in [0.25, 0.3) is 0 Å². The molecular weight excluding hydrogens is 402 g/mol. The summed E-state index contributed by atoms with van der Waals surface area (Å²) in [5.41, 5.74) is 1.99. The number of aliphatic hydroxyl groups excluding tert-OH is 1. The summed E-state index contributed by atoms with van der Waals surface area (Å²) in [6.45, 7) is 9.44. The lowest BCUT2D eigenvalue weighted by molar-refractivity contribution is 0.0403. The van der Waals surface area contributed by atoms with Crippen LogP contribution in [0.1, 0.15) is 13.8 Å². The van der Waals surface area contributed by atoms with Crippen LogP contribution in [0.25, 0.3) is 21.9 Å². The molecule has 1 aliphatic heterocycles. The number of piperazine rings is 1. The van der Waals surface area contributed by atoms with Crippen molar-refractivity contribution in [1.82, 2.24) is 14.8 Å². The fourth-order valence-electron chi connectivity index (χ4n) is 4.39. The number of pyridine rings is 1. The van der Waals surface area contributed by atoms with Gasteiger partial charge < -0.3 is 14.6 Å². The number of β-amino-alcohol motifs (C(OH)–C–C–N with tert-alkyl or cyclic N) is 1. The van der Waals surface area contributed by atoms with Crippen LogP contribution in [0, 0.1) is 0 Å². The molecule has 170 valence electrons. The summed E-state index contributed by atoms with van der Waals surface area (Å²) in [5, 5.41) is 12.7. The zero-order valence-corrected chi connectivity index (χ0v) is 19.2. The van der Waals surface area contributed by atoms with E-state index < -0.39 is 6.10 Å². The molecule has 0 bridgehead atoms. The van der Waals surface area contributed by atoms with Crippen LogP contribution in [-0.4, -0.2) is 78.5 Å². The normalized spacial score (nSPS) is 16.4. The second-order valence-corrected chi connectivity index (χ2v) is 8.61. The average molecular weight is 436 g/mol. The molecule has 1 saturated heterocycles. The van der Waals surface area contributed by atoms with Crippen molar-refractivity contribution in [2.45, 2.75) is 26.0 Å². The van der Waals surface area contributed by atoms with E-state index in [1.165, 1.54) is 0 Å². The lowest BCUT2D eigenvalue weighted by atomic mass is 9.98. The third-order valence-electron chi connectivity index (χ3n) is 6.18. The molecule has 6 nitrogen and oxygen atoms in total. The number of hydrogen-bond donors (Lipinski definition) is 1. The van der Waals surface area contributed by atoms with Crippen LogP contribution in [0.15, 0.2) is 54.7 Å². The fraction of sp³-hybridized carbons (Fsp3) is 0.423. The molecule has 1 aliphatic rings. The Morgan fingerprint density at radius 3 is 2.41 bits per heavy atom. The Kier molecular flexibility index (Phi) is 7.25. The molecule has 0 aliphatic carbocycles. The largest absolute Gasteiger partial charge is 0.490 e. The van der Waals surface area contributed by atoms with Crippen molar-refractivity contribution in [1.29, 1.82) is 0 Å². The number of methoxy groups -OCH3 is 1. The SMILES string of the molecule is COc1ncccc1-c1ccc(OCC(O)CN2CCN(C(C)C)CC2)c2ccccc12. The Labute approximate surface area is 190 Å². The Balaban J connectivity index is 1.45. The van der Waals surface area contributed by atoms with Gasteiger partial charge in [-0.15, -0.1) is 0 Å². The molecule has 0 amide bonds. The monoisotopic (exact) mass is 435 g/mol. The molecule has 4 rings (SSSR count). The van der Waals surface area contributed by atoms with Gasteiger partial charge in [0.1, 0.15) is 18.5 Å². The molecule has 1 unspecified atom stereocenters. The zero-order valence-electron chi connectivity index (χ0n) is 19.2. The summed E-state index contributed by atoms with van der Waals surface area (Å²) in [6, 6.07) is 16.7. The highest BCUT2D eigenvalue weighted by Crippen LogP contribution is 2.37. The third kappa shape index (κ3) is 5.04. The van der Waals surface area contributed by atoms with Crippen LogP contribution in [-0.2, 0) is 0 Å². The number of hydrogen-bond acceptors (Lipinski definition) is 6. The Morgan fingerprint density at radius 1 is 0.938 bits per heavy atom. The van der Waals surface area contributed by atoms with Crippen molar-refractivity contribution in [3.05, 3.63) is 54.7 Å². The fourth-order valence-corrected chi connectivity index (χ4v) is 4.39. The first-order valence-corrected chi connectivity index (χ1v) is 11.3. The Bertz CT molecular complexity index is 1030. The number of benzene rings is 2. The Morgan fingerprint density at radius 2 is 1.69 bits per heavy atom. The maximum absolute atomic E-state index is 10.6. The minimum Gasteiger partial charge on any atom is -0.490 e. The lowest BCUT2D eigenvalue weighted by Crippen LogP contribution is -2.51. The van der Waals surface area contributed by atoms with Gasteiger partial charge in [-0.25, -0.2) is 4.98 Å². The van der Waals surface area contributed by atoms with Crippen LogP contribution in [0.3, 0.4) is 0 Å². The molecule has 2 heterocycles. The number of rotatable bonds is 8. The third-order valence-corrected chi connectivity index (χ3v) is 6.18. The minimum atomic E-state index is -0.530. The average Bonchev–Trinajstić information content (AvgIpc) is 2.83. The first kappa shape index (κ1) is 22.5. The molecule has 0 saturated carbocycles. The molecule has 6 heteroatoms. The number of aromatic nitrogens is 1. The molecule has 1 atom stereocenters. The number of ether oxygens (including phenoxy) is 2. The predicted octanol–water partition coefficient (Wildman–Crippen LogP) is 3.68. The molecule has 32 heavy (non-hydrogen) atoms. The van der Waals surface area contributed by atoms with E-state index in [-0.39, 0.29) is 6.61 Å². The molecule has 0 spiro atoms. The Hall–Kier alpha value is -2.67. The van der Waals surface area contributed by atoms with Crippen LogP contribution in [0.2, 0.25) is 0 Å². The maximum atomic E-state index is 10.6. The van der Waals surface area contributed by atoms with Crippen molar-refractivity contribution in [3.63, 3.8) is 0 Å². The first-order valence-electron chi connectivity index (χ1n) is 11.3. The molecule has 1 aromatic heterocycles. The van der Waals surface area contributed by atoms with Gasteiger partial charge in [0, 0.05) is 55.9 Å². The molecule has 0 radical (unpaired) electrons. The molecule has 2 aromatic carbocycles. The van der Waals surface area contributed by atoms with E-state index in [1.54, 1.807) is 13.3 Å². The van der Waals surface area contributed by atoms with Crippen molar-refractivity contribution in [3.8, 4) is 22.8 Å². The summed E-state index contributed by atoms with van der Waals surface area (Å²) in [6.07, 6.45) is 1.20. The van der Waals surface area contributed by atoms with Crippen LogP contribution in [0.4, 0.5) is 0 Å². The van der Waals surface area contributed by atoms with E-state index in [0.29, 0.717) is 18.5 Å². The quantitative estimate of drug-likeness (QED) is 0.583. The van der Waals surface area contributed by atoms with Crippen molar-refractivity contribution in [2.75, 3.05) is 46.4 Å². The summed E-state index contributed by atoms with van der Waals surface area (Å²) in [5.74, 6) is 1.37. The first-order chi connectivity index (χ1) is 15.6. The van der Waals surface area contributed by atoms with Gasteiger partial charge in [-0.05, 0) is 49.1 Å². The number of aliphatic hydroxyl groups is 1. The zero-order chi connectivity index (χ0) is 22.5. The van der Waals surface area contributed by atoms with E-state index in [4.69, 9.17) is 9.47 Å². The second-order valence-electron chi connectivity index (χ2n) is 8.61. The molecular formula is C26H33N3O3. The lowest BCUT2D eigenvalue weighted by Gasteiger charge is -2.37. The molecule has 1 N–H and O–H groups in total. The smallest absolute Gasteiger partial charge is 0.221 e. The highest BCUT2D eigenvalue weighted by molar-refractivity contribution is 6.00. The summed E-state index contributed by atoms with van der Waals surface area (Å²) >= 11 is 0. The van der Waals surface area contributed by atoms with Crippen molar-refractivity contribution >= 4 is 10.8 Å². The van der Waals surface area contributed by atoms with Gasteiger partial charge in [-0.1, -0.05) is 24.3 Å². The van der Waals surface area contributed by atoms with Crippen LogP contribution >= 0.6 is 0 Å². The van der Waals surface area contributed by atoms with E-state index in [1.807, 2.05) is 36.4 Å². The van der Waals surface area contributed by atoms with Crippen LogP contribution < -0.4 is 9.47 Å². The molecule has 3 aromatic rings. The highest BCUT2D eigenvalue weighted by Gasteiger charge is 2.21. The maximum Gasteiger partial charge on any atom is 0.221 e. The topological polar surface area (TPSA) is 58.1 Å². The summed E-state index contributed by atoms with van der Waals surface area (Å²) < 4.78 is 11.6. The number of nitrogens with zero attached hydrogens (tertiary/aromatic N) is 3. The highest BCUT2D eigenvalue weighted by atomic mass is 16.5. The number of fused-ring (bicyclic) bond motifs is 1. The van der Waals surface area contributed by atoms with Crippen molar-refractivity contribution < 1.29 is 14.6 Å². The van der Waals surface area contributed by atoms with Crippen molar-refractivity contribution in [2.24, 2.45) is 0 Å². The summed E-state index contributed by atoms with van der Waals surface area (Å²) in [4.78, 5) is 9.14. The van der Waals surface area contributed by atoms with E-state index >= 15 is 0 Å². The molecule has 1 fully saturated rings. The summed E-state index contributed by atoms with van der Waals surface area (Å²) in [7, 11) is 1.63. The van der Waals surface area contributed by atoms with Gasteiger partial charge in [0.05, 0.1) is 7.11 Å². The van der Waals surface area contributed by atoms with E-state index in [0.717, 1.165) is 53.8 Å². The minimum absolute atomic E-state index is 0.268. The standard InChI is InChI=1S/C26H33N3O3/c1-19(2)29-15-13-28(14-16-29)17-20(30)18-32-25-11-10-22(21-7-4-5-8-23(21)25)24-9-6-12-27-26(24)31-3/h4-12,19-20,30H,13-18H2,1-3H3. The van der Waals surface area contributed by atoms with Gasteiger partial charge in [0.15, 0.2) is 0 Å².